The van der Waals surface area contributed by atoms with Crippen LogP contribution in [0.4, 0.5) is 5.82 Å². The van der Waals surface area contributed by atoms with Crippen molar-refractivity contribution in [3.63, 3.8) is 0 Å². The molecule has 15 heavy (non-hydrogen) atoms. The molecule has 0 aliphatic carbocycles. The second-order valence-corrected chi connectivity index (χ2v) is 3.91. The zero-order valence-corrected chi connectivity index (χ0v) is 9.73. The normalized spacial score (nSPS) is 10.3. The molecule has 0 spiro atoms. The van der Waals surface area contributed by atoms with E-state index >= 15 is 0 Å². The van der Waals surface area contributed by atoms with Crippen molar-refractivity contribution in [3.8, 4) is 11.8 Å². The van der Waals surface area contributed by atoms with Gasteiger partial charge in [0.15, 0.2) is 0 Å². The molecule has 5 heteroatoms. The molecule has 0 atom stereocenters. The highest BCUT2D eigenvalue weighted by molar-refractivity contribution is 9.10. The van der Waals surface area contributed by atoms with Crippen LogP contribution in [0.5, 0.6) is 11.8 Å². The van der Waals surface area contributed by atoms with Crippen molar-refractivity contribution in [2.24, 2.45) is 7.05 Å². The Hall–Kier alpha value is -1.49. The molecular formula is C10H10BrN3O. The van der Waals surface area contributed by atoms with Crippen LogP contribution in [0.3, 0.4) is 0 Å². The van der Waals surface area contributed by atoms with Crippen LogP contribution in [0, 0.1) is 0 Å². The number of nitrogen functional groups attached to an aromatic ring is 1. The van der Waals surface area contributed by atoms with Crippen LogP contribution in [0.15, 0.2) is 34.9 Å². The van der Waals surface area contributed by atoms with Gasteiger partial charge in [-0.2, -0.15) is 0 Å². The van der Waals surface area contributed by atoms with E-state index in [-0.39, 0.29) is 0 Å². The summed E-state index contributed by atoms with van der Waals surface area (Å²) in [4.78, 5) is 4.05. The average Bonchev–Trinajstić information content (AvgIpc) is 2.53. The third-order valence-corrected chi connectivity index (χ3v) is 2.67. The van der Waals surface area contributed by atoms with Gasteiger partial charge in [0, 0.05) is 7.05 Å². The van der Waals surface area contributed by atoms with E-state index in [1.165, 1.54) is 0 Å². The summed E-state index contributed by atoms with van der Waals surface area (Å²) < 4.78 is 8.15. The number of imidazole rings is 1. The van der Waals surface area contributed by atoms with E-state index in [1.54, 1.807) is 17.8 Å². The van der Waals surface area contributed by atoms with Crippen LogP contribution in [-0.4, -0.2) is 9.55 Å². The number of nitrogens with two attached hydrogens (primary N) is 1. The minimum atomic E-state index is 0.472. The highest BCUT2D eigenvalue weighted by atomic mass is 79.9. The Morgan fingerprint density at radius 1 is 1.40 bits per heavy atom. The van der Waals surface area contributed by atoms with E-state index in [1.807, 2.05) is 24.3 Å². The smallest absolute Gasteiger partial charge is 0.303 e. The van der Waals surface area contributed by atoms with E-state index in [9.17, 15) is 0 Å². The van der Waals surface area contributed by atoms with Crippen molar-refractivity contribution >= 4 is 21.7 Å². The molecule has 0 saturated heterocycles. The lowest BCUT2D eigenvalue weighted by Crippen LogP contribution is -1.98. The van der Waals surface area contributed by atoms with Crippen molar-refractivity contribution in [3.05, 3.63) is 34.9 Å². The number of hydrogen-bond acceptors (Lipinski definition) is 3. The summed E-state index contributed by atoms with van der Waals surface area (Å²) in [5.41, 5.74) is 5.64. The summed E-state index contributed by atoms with van der Waals surface area (Å²) in [6, 6.07) is 8.05. The molecule has 1 aromatic heterocycles. The number of nitrogens with zero attached hydrogens (tertiary/aromatic N) is 2. The molecule has 2 N–H and O–H groups in total. The first-order chi connectivity index (χ1) is 7.18. The van der Waals surface area contributed by atoms with Crippen LogP contribution in [-0.2, 0) is 7.05 Å². The van der Waals surface area contributed by atoms with Crippen molar-refractivity contribution in [2.75, 3.05) is 5.73 Å². The van der Waals surface area contributed by atoms with Crippen LogP contribution in [0.25, 0.3) is 0 Å². The predicted octanol–water partition coefficient (Wildman–Crippen LogP) is 2.56. The van der Waals surface area contributed by atoms with Gasteiger partial charge in [-0.25, -0.2) is 4.98 Å². The molecule has 0 fully saturated rings. The Morgan fingerprint density at radius 3 is 2.73 bits per heavy atom. The number of ether oxygens (including phenoxy) is 1. The number of rotatable bonds is 2. The Kier molecular flexibility index (Phi) is 2.64. The molecule has 1 heterocycles. The largest absolute Gasteiger partial charge is 0.424 e. The molecule has 2 rings (SSSR count). The lowest BCUT2D eigenvalue weighted by Gasteiger charge is -2.06. The van der Waals surface area contributed by atoms with Gasteiger partial charge in [0.25, 0.3) is 0 Å². The molecule has 0 bridgehead atoms. The van der Waals surface area contributed by atoms with Gasteiger partial charge in [0.05, 0.1) is 10.7 Å². The fraction of sp³-hybridized carbons (Fsp3) is 0.100. The van der Waals surface area contributed by atoms with Gasteiger partial charge in [0.2, 0.25) is 0 Å². The predicted molar refractivity (Wildman–Crippen MR) is 61.8 cm³/mol. The minimum absolute atomic E-state index is 0.472. The van der Waals surface area contributed by atoms with Gasteiger partial charge in [0.1, 0.15) is 11.6 Å². The Morgan fingerprint density at radius 2 is 2.13 bits per heavy atom. The number of halogens is 1. The average molecular weight is 268 g/mol. The first-order valence-electron chi connectivity index (χ1n) is 4.38. The molecule has 0 aliphatic heterocycles. The van der Waals surface area contributed by atoms with Crippen molar-refractivity contribution in [2.45, 2.75) is 0 Å². The molecule has 0 radical (unpaired) electrons. The number of hydrogen-bond donors (Lipinski definition) is 1. The van der Waals surface area contributed by atoms with Crippen molar-refractivity contribution in [1.29, 1.82) is 0 Å². The Labute approximate surface area is 95.8 Å². The molecule has 78 valence electrons. The molecule has 0 saturated carbocycles. The number of aromatic nitrogens is 2. The SMILES string of the molecule is Cn1c(N)cnc1Oc1ccccc1Br. The standard InChI is InChI=1S/C10H10BrN3O/c1-14-9(12)6-13-10(14)15-8-5-3-2-4-7(8)11/h2-6H,12H2,1H3. The number of anilines is 1. The lowest BCUT2D eigenvalue weighted by molar-refractivity contribution is 0.423. The van der Waals surface area contributed by atoms with Crippen LogP contribution in [0.1, 0.15) is 0 Å². The molecule has 0 aliphatic rings. The second-order valence-electron chi connectivity index (χ2n) is 3.06. The van der Waals surface area contributed by atoms with Crippen molar-refractivity contribution < 1.29 is 4.74 Å². The highest BCUT2D eigenvalue weighted by Crippen LogP contribution is 2.28. The van der Waals surface area contributed by atoms with Crippen LogP contribution in [0.2, 0.25) is 0 Å². The zero-order chi connectivity index (χ0) is 10.8. The minimum Gasteiger partial charge on any atom is -0.424 e. The first-order valence-corrected chi connectivity index (χ1v) is 5.17. The summed E-state index contributed by atoms with van der Waals surface area (Å²) in [6.45, 7) is 0. The maximum atomic E-state index is 5.64. The molecule has 1 aromatic carbocycles. The lowest BCUT2D eigenvalue weighted by atomic mass is 10.3. The fourth-order valence-corrected chi connectivity index (χ4v) is 1.49. The summed E-state index contributed by atoms with van der Waals surface area (Å²) >= 11 is 3.39. The molecule has 2 aromatic rings. The summed E-state index contributed by atoms with van der Waals surface area (Å²) in [7, 11) is 1.80. The maximum Gasteiger partial charge on any atom is 0.303 e. The van der Waals surface area contributed by atoms with Gasteiger partial charge in [-0.1, -0.05) is 12.1 Å². The van der Waals surface area contributed by atoms with E-state index in [0.717, 1.165) is 4.47 Å². The van der Waals surface area contributed by atoms with Gasteiger partial charge >= 0.3 is 6.01 Å². The van der Waals surface area contributed by atoms with Crippen LogP contribution >= 0.6 is 15.9 Å². The quantitative estimate of drug-likeness (QED) is 0.910. The molecule has 0 unspecified atom stereocenters. The summed E-state index contributed by atoms with van der Waals surface area (Å²) in [5.74, 6) is 1.28. The van der Waals surface area contributed by atoms with Gasteiger partial charge in [-0.05, 0) is 28.1 Å². The van der Waals surface area contributed by atoms with E-state index in [0.29, 0.717) is 17.6 Å². The highest BCUT2D eigenvalue weighted by Gasteiger charge is 2.07. The topological polar surface area (TPSA) is 53.1 Å². The monoisotopic (exact) mass is 267 g/mol. The second kappa shape index (κ2) is 3.94. The Bertz CT molecular complexity index is 481. The molecular weight excluding hydrogens is 258 g/mol. The number of para-hydroxylation sites is 1. The van der Waals surface area contributed by atoms with Gasteiger partial charge < -0.3 is 10.5 Å². The van der Waals surface area contributed by atoms with Crippen molar-refractivity contribution in [1.82, 2.24) is 9.55 Å². The van der Waals surface area contributed by atoms with Gasteiger partial charge in [-0.3, -0.25) is 4.57 Å². The van der Waals surface area contributed by atoms with E-state index in [4.69, 9.17) is 10.5 Å². The van der Waals surface area contributed by atoms with Crippen LogP contribution < -0.4 is 10.5 Å². The first kappa shape index (κ1) is 10.0. The maximum absolute atomic E-state index is 5.64. The summed E-state index contributed by atoms with van der Waals surface area (Å²) in [5, 5.41) is 0. The van der Waals surface area contributed by atoms with Gasteiger partial charge in [-0.15, -0.1) is 0 Å². The van der Waals surface area contributed by atoms with E-state index in [2.05, 4.69) is 20.9 Å². The molecule has 0 amide bonds. The fourth-order valence-electron chi connectivity index (χ4n) is 1.13. The molecule has 4 nitrogen and oxygen atoms in total. The third kappa shape index (κ3) is 1.97. The zero-order valence-electron chi connectivity index (χ0n) is 8.14. The number of benzene rings is 1. The summed E-state index contributed by atoms with van der Waals surface area (Å²) in [6.07, 6.45) is 1.56. The van der Waals surface area contributed by atoms with E-state index < -0.39 is 0 Å². The Balaban J connectivity index is 2.30. The third-order valence-electron chi connectivity index (χ3n) is 2.02.